The SMILES string of the molecule is CC/C=C/N=C(NC(=O)O)/C1=C(\C)c2cc(C(F)(F)F)cc(n2)C[C@@H](F)C1. The van der Waals surface area contributed by atoms with E-state index in [1.807, 2.05) is 6.92 Å². The molecule has 2 bridgehead atoms. The van der Waals surface area contributed by atoms with Crippen LogP contribution in [0.5, 0.6) is 0 Å². The molecule has 0 spiro atoms. The molecule has 2 rings (SSSR count). The van der Waals surface area contributed by atoms with Crippen molar-refractivity contribution in [2.45, 2.75) is 45.5 Å². The van der Waals surface area contributed by atoms with Gasteiger partial charge in [0.05, 0.1) is 11.3 Å². The first-order valence-corrected chi connectivity index (χ1v) is 8.27. The number of amides is 1. The van der Waals surface area contributed by atoms with Crippen molar-refractivity contribution in [3.8, 4) is 0 Å². The van der Waals surface area contributed by atoms with E-state index in [-0.39, 0.29) is 41.2 Å². The van der Waals surface area contributed by atoms with Crippen LogP contribution < -0.4 is 5.32 Å². The summed E-state index contributed by atoms with van der Waals surface area (Å²) in [5.41, 5.74) is -0.501. The van der Waals surface area contributed by atoms with Gasteiger partial charge in [-0.2, -0.15) is 13.2 Å². The third-order valence-corrected chi connectivity index (χ3v) is 3.95. The molecule has 27 heavy (non-hydrogen) atoms. The van der Waals surface area contributed by atoms with Crippen LogP contribution in [0.4, 0.5) is 22.4 Å². The first kappa shape index (κ1) is 20.6. The average molecular weight is 385 g/mol. The zero-order chi connectivity index (χ0) is 20.2. The fourth-order valence-corrected chi connectivity index (χ4v) is 2.67. The second-order valence-corrected chi connectivity index (χ2v) is 6.04. The molecule has 0 radical (unpaired) electrons. The highest BCUT2D eigenvalue weighted by Gasteiger charge is 2.33. The summed E-state index contributed by atoms with van der Waals surface area (Å²) in [6, 6.07) is 1.71. The third kappa shape index (κ3) is 5.38. The van der Waals surface area contributed by atoms with Crippen LogP contribution in [-0.4, -0.2) is 28.2 Å². The molecule has 0 aromatic carbocycles. The number of nitrogens with zero attached hydrogens (tertiary/aromatic N) is 2. The van der Waals surface area contributed by atoms with Crippen LogP contribution in [0.1, 0.15) is 43.6 Å². The molecule has 0 saturated heterocycles. The Morgan fingerprint density at radius 3 is 2.70 bits per heavy atom. The van der Waals surface area contributed by atoms with E-state index in [0.717, 1.165) is 12.1 Å². The van der Waals surface area contributed by atoms with Crippen molar-refractivity contribution in [3.63, 3.8) is 0 Å². The van der Waals surface area contributed by atoms with Gasteiger partial charge in [-0.25, -0.2) is 14.2 Å². The molecule has 0 fully saturated rings. The first-order valence-electron chi connectivity index (χ1n) is 8.27. The van der Waals surface area contributed by atoms with E-state index in [1.165, 1.54) is 13.1 Å². The molecule has 5 nitrogen and oxygen atoms in total. The number of amidine groups is 1. The standard InChI is InChI=1S/C18H19F4N3O2/c1-3-4-5-23-16(25-17(26)27)14-9-12(19)8-13-6-11(18(20,21)22)7-15(24-13)10(14)2/h4-7,12H,3,8-9H2,1-2H3,(H,23,25)(H,26,27)/b5-4+,14-10+/t12-/m1/s1. The lowest BCUT2D eigenvalue weighted by molar-refractivity contribution is -0.137. The monoisotopic (exact) mass is 385 g/mol. The highest BCUT2D eigenvalue weighted by atomic mass is 19.4. The number of halogens is 4. The maximum atomic E-state index is 14.5. The molecule has 1 aliphatic heterocycles. The van der Waals surface area contributed by atoms with E-state index in [9.17, 15) is 22.4 Å². The molecule has 1 aromatic heterocycles. The lowest BCUT2D eigenvalue weighted by Gasteiger charge is -2.21. The first-order chi connectivity index (χ1) is 12.6. The van der Waals surface area contributed by atoms with Crippen molar-refractivity contribution < 1.29 is 27.5 Å². The quantitative estimate of drug-likeness (QED) is 0.448. The van der Waals surface area contributed by atoms with Gasteiger partial charge in [0.25, 0.3) is 0 Å². The van der Waals surface area contributed by atoms with Gasteiger partial charge < -0.3 is 5.11 Å². The number of nitrogens with one attached hydrogen (secondary N) is 1. The smallest absolute Gasteiger partial charge is 0.416 e. The number of hydrogen-bond acceptors (Lipinski definition) is 3. The van der Waals surface area contributed by atoms with Gasteiger partial charge in [0.1, 0.15) is 12.0 Å². The van der Waals surface area contributed by atoms with Crippen LogP contribution in [0.3, 0.4) is 0 Å². The summed E-state index contributed by atoms with van der Waals surface area (Å²) >= 11 is 0. The van der Waals surface area contributed by atoms with Crippen LogP contribution in [0.25, 0.3) is 5.57 Å². The van der Waals surface area contributed by atoms with Crippen LogP contribution in [0.15, 0.2) is 35.0 Å². The number of rotatable bonds is 3. The molecule has 146 valence electrons. The van der Waals surface area contributed by atoms with Crippen LogP contribution in [0.2, 0.25) is 0 Å². The van der Waals surface area contributed by atoms with Gasteiger partial charge in [-0.1, -0.05) is 13.0 Å². The molecule has 9 heteroatoms. The Morgan fingerprint density at radius 1 is 1.41 bits per heavy atom. The topological polar surface area (TPSA) is 74.6 Å². The number of allylic oxidation sites excluding steroid dienone is 2. The predicted molar refractivity (Wildman–Crippen MR) is 93.1 cm³/mol. The van der Waals surface area contributed by atoms with Crippen molar-refractivity contribution in [1.29, 1.82) is 0 Å². The summed E-state index contributed by atoms with van der Waals surface area (Å²) in [5.74, 6) is -0.130. The van der Waals surface area contributed by atoms with E-state index in [4.69, 9.17) is 5.11 Å². The Morgan fingerprint density at radius 2 is 2.11 bits per heavy atom. The maximum absolute atomic E-state index is 14.5. The van der Waals surface area contributed by atoms with Crippen LogP contribution >= 0.6 is 0 Å². The number of fused-ring (bicyclic) bond motifs is 2. The fourth-order valence-electron chi connectivity index (χ4n) is 2.67. The minimum atomic E-state index is -4.60. The van der Waals surface area contributed by atoms with Crippen molar-refractivity contribution in [3.05, 3.63) is 46.9 Å². The summed E-state index contributed by atoms with van der Waals surface area (Å²) in [7, 11) is 0. The Bertz CT molecular complexity index is 813. The molecule has 1 atom stereocenters. The second kappa shape index (κ2) is 8.32. The number of aromatic nitrogens is 1. The molecule has 0 saturated carbocycles. The van der Waals surface area contributed by atoms with Gasteiger partial charge in [0, 0.05) is 30.3 Å². The van der Waals surface area contributed by atoms with Crippen molar-refractivity contribution in [1.82, 2.24) is 10.3 Å². The Labute approximate surface area is 153 Å². The van der Waals surface area contributed by atoms with E-state index >= 15 is 0 Å². The zero-order valence-corrected chi connectivity index (χ0v) is 14.8. The minimum absolute atomic E-state index is 0.00119. The number of alkyl halides is 4. The molecule has 2 N–H and O–H groups in total. The fraction of sp³-hybridized carbons (Fsp3) is 0.389. The van der Waals surface area contributed by atoms with Crippen molar-refractivity contribution in [2.75, 3.05) is 0 Å². The van der Waals surface area contributed by atoms with Crippen LogP contribution in [0, 0.1) is 0 Å². The molecular weight excluding hydrogens is 366 g/mol. The van der Waals surface area contributed by atoms with Crippen LogP contribution in [-0.2, 0) is 12.6 Å². The summed E-state index contributed by atoms with van der Waals surface area (Å²) in [5, 5.41) is 11.1. The zero-order valence-electron chi connectivity index (χ0n) is 14.8. The lowest BCUT2D eigenvalue weighted by Crippen LogP contribution is -2.32. The molecular formula is C18H19F4N3O2. The van der Waals surface area contributed by atoms with Crippen molar-refractivity contribution >= 4 is 17.5 Å². The van der Waals surface area contributed by atoms with Gasteiger partial charge in [-0.05, 0) is 31.1 Å². The summed E-state index contributed by atoms with van der Waals surface area (Å²) in [6.45, 7) is 3.32. The summed E-state index contributed by atoms with van der Waals surface area (Å²) in [4.78, 5) is 19.2. The molecule has 1 amide bonds. The van der Waals surface area contributed by atoms with E-state index in [2.05, 4.69) is 15.3 Å². The predicted octanol–water partition coefficient (Wildman–Crippen LogP) is 4.75. The van der Waals surface area contributed by atoms with E-state index in [0.29, 0.717) is 6.42 Å². The summed E-state index contributed by atoms with van der Waals surface area (Å²) in [6.07, 6.45) is -4.37. The minimum Gasteiger partial charge on any atom is -0.465 e. The number of aliphatic imine (C=N–C) groups is 1. The molecule has 1 aliphatic rings. The van der Waals surface area contributed by atoms with E-state index < -0.39 is 24.0 Å². The summed E-state index contributed by atoms with van der Waals surface area (Å²) < 4.78 is 53.9. The number of carbonyl (C=O) groups is 1. The van der Waals surface area contributed by atoms with Gasteiger partial charge in [-0.3, -0.25) is 10.3 Å². The molecule has 0 unspecified atom stereocenters. The normalized spacial score (nSPS) is 21.1. The highest BCUT2D eigenvalue weighted by molar-refractivity contribution is 6.10. The van der Waals surface area contributed by atoms with Gasteiger partial charge in [0.2, 0.25) is 0 Å². The Hall–Kier alpha value is -2.71. The van der Waals surface area contributed by atoms with Gasteiger partial charge in [-0.15, -0.1) is 0 Å². The average Bonchev–Trinajstić information content (AvgIpc) is 2.56. The molecule has 2 heterocycles. The number of pyridine rings is 1. The Balaban J connectivity index is 2.64. The van der Waals surface area contributed by atoms with E-state index in [1.54, 1.807) is 6.08 Å². The highest BCUT2D eigenvalue weighted by Crippen LogP contribution is 2.34. The third-order valence-electron chi connectivity index (χ3n) is 3.95. The molecule has 1 aromatic rings. The molecule has 0 aliphatic carbocycles. The van der Waals surface area contributed by atoms with Gasteiger partial charge >= 0.3 is 12.3 Å². The van der Waals surface area contributed by atoms with Gasteiger partial charge in [0.15, 0.2) is 0 Å². The number of carboxylic acid groups (broad SMARTS) is 1. The Kier molecular flexibility index (Phi) is 6.35. The lowest BCUT2D eigenvalue weighted by atomic mass is 9.93. The second-order valence-electron chi connectivity index (χ2n) is 6.04. The maximum Gasteiger partial charge on any atom is 0.416 e. The number of hydrogen-bond donors (Lipinski definition) is 2. The largest absolute Gasteiger partial charge is 0.465 e. The van der Waals surface area contributed by atoms with Crippen molar-refractivity contribution in [2.24, 2.45) is 4.99 Å².